The van der Waals surface area contributed by atoms with Gasteiger partial charge < -0.3 is 9.64 Å². The molecule has 7 nitrogen and oxygen atoms in total. The molecule has 0 N–H and O–H groups in total. The maximum atomic E-state index is 12.5. The van der Waals surface area contributed by atoms with Crippen LogP contribution in [0.3, 0.4) is 0 Å². The molecule has 2 fully saturated rings. The molecular formula is C16H23N3O4. The summed E-state index contributed by atoms with van der Waals surface area (Å²) in [5.74, 6) is -1.27. The van der Waals surface area contributed by atoms with E-state index in [1.54, 1.807) is 20.8 Å². The number of Topliss-reactive ketones (excluding diaryl/α,β-unsaturated/α-hetero) is 1. The minimum atomic E-state index is -0.780. The number of carbonyl (C=O) groups excluding carboxylic acids is 3. The van der Waals surface area contributed by atoms with Gasteiger partial charge in [-0.15, -0.1) is 0 Å². The molecule has 0 spiro atoms. The zero-order chi connectivity index (χ0) is 17.2. The van der Waals surface area contributed by atoms with Crippen molar-refractivity contribution in [1.82, 2.24) is 9.80 Å². The van der Waals surface area contributed by atoms with E-state index in [9.17, 15) is 14.4 Å². The van der Waals surface area contributed by atoms with Gasteiger partial charge in [-0.2, -0.15) is 5.26 Å². The van der Waals surface area contributed by atoms with Crippen molar-refractivity contribution in [2.24, 2.45) is 0 Å². The first-order valence-corrected chi connectivity index (χ1v) is 7.98. The normalized spacial score (nSPS) is 24.4. The lowest BCUT2D eigenvalue weighted by atomic mass is 10.1. The fraction of sp³-hybridized carbons (Fsp3) is 0.750. The highest BCUT2D eigenvalue weighted by Gasteiger charge is 2.42. The van der Waals surface area contributed by atoms with Crippen molar-refractivity contribution in [1.29, 1.82) is 5.26 Å². The van der Waals surface area contributed by atoms with Crippen LogP contribution in [0.15, 0.2) is 0 Å². The van der Waals surface area contributed by atoms with Crippen molar-refractivity contribution in [3.8, 4) is 6.07 Å². The van der Waals surface area contributed by atoms with Crippen LogP contribution in [-0.4, -0.2) is 58.4 Å². The molecule has 2 aliphatic rings. The molecule has 0 unspecified atom stereocenters. The van der Waals surface area contributed by atoms with Gasteiger partial charge in [0.1, 0.15) is 17.7 Å². The highest BCUT2D eigenvalue weighted by Crippen LogP contribution is 2.24. The molecular weight excluding hydrogens is 298 g/mol. The highest BCUT2D eigenvalue weighted by molar-refractivity contribution is 6.38. The predicted molar refractivity (Wildman–Crippen MR) is 81.3 cm³/mol. The van der Waals surface area contributed by atoms with Crippen molar-refractivity contribution in [3.63, 3.8) is 0 Å². The average molecular weight is 321 g/mol. The fourth-order valence-electron chi connectivity index (χ4n) is 3.01. The van der Waals surface area contributed by atoms with E-state index in [0.29, 0.717) is 32.4 Å². The summed E-state index contributed by atoms with van der Waals surface area (Å²) < 4.78 is 5.31. The second-order valence-corrected chi connectivity index (χ2v) is 6.98. The first kappa shape index (κ1) is 17.3. The summed E-state index contributed by atoms with van der Waals surface area (Å²) in [5.41, 5.74) is -0.655. The van der Waals surface area contributed by atoms with E-state index in [1.165, 1.54) is 9.80 Å². The van der Waals surface area contributed by atoms with Gasteiger partial charge in [-0.3, -0.25) is 14.5 Å². The third-order valence-corrected chi connectivity index (χ3v) is 4.06. The molecule has 2 aliphatic heterocycles. The van der Waals surface area contributed by atoms with Crippen molar-refractivity contribution in [2.45, 2.75) is 64.1 Å². The van der Waals surface area contributed by atoms with Crippen LogP contribution < -0.4 is 0 Å². The topological polar surface area (TPSA) is 90.7 Å². The SMILES string of the molecule is CC(C)(C)OC(=O)N1CCC[C@H]1C(=O)C(=O)N1CCC[C@H]1C#N. The first-order chi connectivity index (χ1) is 10.7. The summed E-state index contributed by atoms with van der Waals surface area (Å²) in [4.78, 5) is 39.8. The summed E-state index contributed by atoms with van der Waals surface area (Å²) in [5, 5.41) is 9.06. The second kappa shape index (κ2) is 6.57. The second-order valence-electron chi connectivity index (χ2n) is 6.98. The minimum absolute atomic E-state index is 0.403. The van der Waals surface area contributed by atoms with Gasteiger partial charge in [-0.05, 0) is 46.5 Å². The smallest absolute Gasteiger partial charge is 0.410 e. The molecule has 0 aromatic carbocycles. The molecule has 2 heterocycles. The zero-order valence-electron chi connectivity index (χ0n) is 13.9. The molecule has 2 rings (SSSR count). The Kier molecular flexibility index (Phi) is 4.93. The zero-order valence-corrected chi connectivity index (χ0v) is 13.9. The van der Waals surface area contributed by atoms with Gasteiger partial charge in [0.05, 0.1) is 6.07 Å². The Morgan fingerprint density at radius 1 is 1.09 bits per heavy atom. The third-order valence-electron chi connectivity index (χ3n) is 4.06. The third kappa shape index (κ3) is 3.81. The van der Waals surface area contributed by atoms with Crippen molar-refractivity contribution >= 4 is 17.8 Å². The lowest BCUT2D eigenvalue weighted by Gasteiger charge is -2.28. The van der Waals surface area contributed by atoms with E-state index in [2.05, 4.69) is 6.07 Å². The van der Waals surface area contributed by atoms with Crippen molar-refractivity contribution in [3.05, 3.63) is 0 Å². The van der Waals surface area contributed by atoms with E-state index in [0.717, 1.165) is 6.42 Å². The van der Waals surface area contributed by atoms with Crippen LogP contribution in [0.1, 0.15) is 46.5 Å². The largest absolute Gasteiger partial charge is 0.444 e. The Morgan fingerprint density at radius 2 is 1.70 bits per heavy atom. The van der Waals surface area contributed by atoms with Crippen LogP contribution in [-0.2, 0) is 14.3 Å². The molecule has 0 aromatic rings. The van der Waals surface area contributed by atoms with Crippen LogP contribution in [0.5, 0.6) is 0 Å². The Morgan fingerprint density at radius 3 is 2.30 bits per heavy atom. The molecule has 126 valence electrons. The summed E-state index contributed by atoms with van der Waals surface area (Å²) in [6.45, 7) is 6.09. The van der Waals surface area contributed by atoms with Crippen LogP contribution in [0, 0.1) is 11.3 Å². The van der Waals surface area contributed by atoms with Crippen LogP contribution in [0.4, 0.5) is 4.79 Å². The molecule has 0 radical (unpaired) electrons. The molecule has 7 heteroatoms. The Hall–Kier alpha value is -2.10. The van der Waals surface area contributed by atoms with Gasteiger partial charge in [-0.25, -0.2) is 4.79 Å². The highest BCUT2D eigenvalue weighted by atomic mass is 16.6. The van der Waals surface area contributed by atoms with Gasteiger partial charge >= 0.3 is 6.09 Å². The lowest BCUT2D eigenvalue weighted by molar-refractivity contribution is -0.146. The lowest BCUT2D eigenvalue weighted by Crippen LogP contribution is -2.50. The van der Waals surface area contributed by atoms with E-state index >= 15 is 0 Å². The Bertz CT molecular complexity index is 547. The maximum absolute atomic E-state index is 12.5. The standard InChI is InChI=1S/C16H23N3O4/c1-16(2,3)23-15(22)19-9-5-7-12(19)13(20)14(21)18-8-4-6-11(18)10-17/h11-12H,4-9H2,1-3H3/t11-,12-/m0/s1. The molecule has 0 aromatic heterocycles. The molecule has 0 aliphatic carbocycles. The summed E-state index contributed by atoms with van der Waals surface area (Å²) in [6, 6.07) is 0.734. The van der Waals surface area contributed by atoms with Gasteiger partial charge in [0.25, 0.3) is 5.91 Å². The van der Waals surface area contributed by atoms with Crippen molar-refractivity contribution < 1.29 is 19.1 Å². The number of rotatable bonds is 2. The maximum Gasteiger partial charge on any atom is 0.410 e. The summed E-state index contributed by atoms with van der Waals surface area (Å²) >= 11 is 0. The molecule has 0 saturated carbocycles. The number of ketones is 1. The van der Waals surface area contributed by atoms with Crippen molar-refractivity contribution in [2.75, 3.05) is 13.1 Å². The number of likely N-dealkylation sites (tertiary alicyclic amines) is 2. The van der Waals surface area contributed by atoms with Gasteiger partial charge in [-0.1, -0.05) is 0 Å². The van der Waals surface area contributed by atoms with Crippen LogP contribution in [0.2, 0.25) is 0 Å². The first-order valence-electron chi connectivity index (χ1n) is 7.98. The van der Waals surface area contributed by atoms with Gasteiger partial charge in [0, 0.05) is 13.1 Å². The van der Waals surface area contributed by atoms with E-state index in [4.69, 9.17) is 10.00 Å². The number of hydrogen-bond acceptors (Lipinski definition) is 5. The number of carbonyl (C=O) groups is 3. The summed E-state index contributed by atoms with van der Waals surface area (Å²) in [7, 11) is 0. The van der Waals surface area contributed by atoms with E-state index in [-0.39, 0.29) is 0 Å². The van der Waals surface area contributed by atoms with Crippen LogP contribution >= 0.6 is 0 Å². The fourth-order valence-corrected chi connectivity index (χ4v) is 3.01. The monoisotopic (exact) mass is 321 g/mol. The van der Waals surface area contributed by atoms with Gasteiger partial charge in [0.2, 0.25) is 5.78 Å². The molecule has 2 atom stereocenters. The molecule has 23 heavy (non-hydrogen) atoms. The summed E-state index contributed by atoms with van der Waals surface area (Å²) in [6.07, 6.45) is 1.85. The Balaban J connectivity index is 2.07. The number of hydrogen-bond donors (Lipinski definition) is 0. The molecule has 2 saturated heterocycles. The number of amides is 2. The number of ether oxygens (including phenoxy) is 1. The number of nitriles is 1. The van der Waals surface area contributed by atoms with E-state index in [1.807, 2.05) is 0 Å². The van der Waals surface area contributed by atoms with E-state index < -0.39 is 35.5 Å². The van der Waals surface area contributed by atoms with Gasteiger partial charge in [0.15, 0.2) is 0 Å². The Labute approximate surface area is 136 Å². The predicted octanol–water partition coefficient (Wildman–Crippen LogP) is 1.47. The average Bonchev–Trinajstić information content (AvgIpc) is 3.12. The molecule has 0 bridgehead atoms. The van der Waals surface area contributed by atoms with Crippen LogP contribution in [0.25, 0.3) is 0 Å². The molecule has 2 amide bonds. The quantitative estimate of drug-likeness (QED) is 0.718. The number of nitrogens with zero attached hydrogens (tertiary/aromatic N) is 3. The minimum Gasteiger partial charge on any atom is -0.444 e.